The van der Waals surface area contributed by atoms with Gasteiger partial charge in [0, 0.05) is 12.3 Å². The summed E-state index contributed by atoms with van der Waals surface area (Å²) in [5, 5.41) is 12.2. The molecule has 0 radical (unpaired) electrons. The molecule has 1 saturated heterocycles. The minimum absolute atomic E-state index is 0.0840. The van der Waals surface area contributed by atoms with Gasteiger partial charge in [0.15, 0.2) is 6.04 Å². The molecule has 9 nitrogen and oxygen atoms in total. The number of aliphatic carboxylic acids is 1. The molecular formula is C31H30N2O7. The molecule has 0 bridgehead atoms. The molecule has 1 heterocycles. The summed E-state index contributed by atoms with van der Waals surface area (Å²) in [6, 6.07) is 20.9. The first kappa shape index (κ1) is 27.0. The van der Waals surface area contributed by atoms with Crippen molar-refractivity contribution in [1.82, 2.24) is 10.2 Å². The van der Waals surface area contributed by atoms with Crippen LogP contribution in [0.5, 0.6) is 5.75 Å². The van der Waals surface area contributed by atoms with Crippen LogP contribution in [0.25, 0.3) is 11.1 Å². The lowest BCUT2D eigenvalue weighted by molar-refractivity contribution is -0.148. The van der Waals surface area contributed by atoms with Crippen LogP contribution in [0.4, 0.5) is 4.79 Å². The van der Waals surface area contributed by atoms with Crippen molar-refractivity contribution in [3.63, 3.8) is 0 Å². The average molecular weight is 543 g/mol. The van der Waals surface area contributed by atoms with Gasteiger partial charge in [-0.05, 0) is 39.9 Å². The van der Waals surface area contributed by atoms with Crippen molar-refractivity contribution in [1.29, 1.82) is 0 Å². The van der Waals surface area contributed by atoms with Gasteiger partial charge in [0.1, 0.15) is 31.7 Å². The van der Waals surface area contributed by atoms with Crippen molar-refractivity contribution in [2.45, 2.75) is 24.4 Å². The van der Waals surface area contributed by atoms with Crippen LogP contribution in [0.15, 0.2) is 85.5 Å². The molecule has 2 N–H and O–H groups in total. The number of fused-ring (bicyclic) bond motifs is 3. The number of ether oxygens (including phenoxy) is 3. The molecule has 0 spiro atoms. The third kappa shape index (κ3) is 5.69. The Morgan fingerprint density at radius 2 is 1.68 bits per heavy atom. The number of carboxylic acids is 1. The standard InChI is InChI=1S/C31H30N2O7/c1-2-15-39-21-13-11-20(12-14-21)16-27(29(34)33-19-38-18-28(33)30(35)36)32-31(37)40-17-26-24-9-5-3-7-22(24)23-8-4-6-10-25(23)26/h2-14,26-28H,1,15-19H2,(H,32,37)(H,35,36)/t27-,28-/m0/s1. The van der Waals surface area contributed by atoms with Crippen molar-refractivity contribution >= 4 is 18.0 Å². The van der Waals surface area contributed by atoms with Crippen LogP contribution in [-0.2, 0) is 25.5 Å². The van der Waals surface area contributed by atoms with E-state index in [2.05, 4.69) is 11.9 Å². The van der Waals surface area contributed by atoms with Gasteiger partial charge in [0.05, 0.1) is 6.61 Å². The molecule has 5 rings (SSSR count). The van der Waals surface area contributed by atoms with E-state index in [-0.39, 0.29) is 32.3 Å². The number of carboxylic acid groups (broad SMARTS) is 1. The summed E-state index contributed by atoms with van der Waals surface area (Å²) < 4.78 is 16.4. The lowest BCUT2D eigenvalue weighted by Gasteiger charge is -2.26. The molecule has 206 valence electrons. The number of amides is 2. The van der Waals surface area contributed by atoms with Gasteiger partial charge in [-0.1, -0.05) is 73.3 Å². The highest BCUT2D eigenvalue weighted by Gasteiger charge is 2.39. The Kier molecular flexibility index (Phi) is 8.12. The van der Waals surface area contributed by atoms with Gasteiger partial charge in [0.25, 0.3) is 0 Å². The molecule has 40 heavy (non-hydrogen) atoms. The zero-order chi connectivity index (χ0) is 28.1. The van der Waals surface area contributed by atoms with Gasteiger partial charge in [-0.25, -0.2) is 9.59 Å². The molecule has 2 amide bonds. The number of benzene rings is 3. The highest BCUT2D eigenvalue weighted by Crippen LogP contribution is 2.44. The fourth-order valence-electron chi connectivity index (χ4n) is 5.16. The average Bonchev–Trinajstić information content (AvgIpc) is 3.59. The first-order chi connectivity index (χ1) is 19.5. The quantitative estimate of drug-likeness (QED) is 0.373. The zero-order valence-corrected chi connectivity index (χ0v) is 21.8. The SMILES string of the molecule is C=CCOc1ccc(C[C@H](NC(=O)OCC2c3ccccc3-c3ccccc32)C(=O)N2COC[C@H]2C(=O)O)cc1. The van der Waals surface area contributed by atoms with Gasteiger partial charge < -0.3 is 29.5 Å². The number of nitrogens with one attached hydrogen (secondary N) is 1. The minimum atomic E-state index is -1.17. The lowest BCUT2D eigenvalue weighted by Crippen LogP contribution is -2.53. The van der Waals surface area contributed by atoms with Crippen LogP contribution in [0.2, 0.25) is 0 Å². The fraction of sp³-hybridized carbons (Fsp3) is 0.258. The first-order valence-corrected chi connectivity index (χ1v) is 13.0. The van der Waals surface area contributed by atoms with Gasteiger partial charge in [-0.3, -0.25) is 4.79 Å². The summed E-state index contributed by atoms with van der Waals surface area (Å²) in [5.74, 6) is -1.24. The molecule has 0 saturated carbocycles. The van der Waals surface area contributed by atoms with Crippen molar-refractivity contribution in [3.05, 3.63) is 102 Å². The van der Waals surface area contributed by atoms with E-state index in [0.29, 0.717) is 12.4 Å². The van der Waals surface area contributed by atoms with Crippen molar-refractivity contribution in [2.75, 3.05) is 26.6 Å². The highest BCUT2D eigenvalue weighted by molar-refractivity contribution is 5.90. The number of hydrogen-bond acceptors (Lipinski definition) is 6. The monoisotopic (exact) mass is 542 g/mol. The number of nitrogens with zero attached hydrogens (tertiary/aromatic N) is 1. The third-order valence-corrected chi connectivity index (χ3v) is 7.12. The predicted octanol–water partition coefficient (Wildman–Crippen LogP) is 3.97. The largest absolute Gasteiger partial charge is 0.490 e. The Bertz CT molecular complexity index is 1360. The molecule has 3 aromatic carbocycles. The van der Waals surface area contributed by atoms with Crippen LogP contribution < -0.4 is 10.1 Å². The van der Waals surface area contributed by atoms with E-state index >= 15 is 0 Å². The van der Waals surface area contributed by atoms with Gasteiger partial charge in [-0.2, -0.15) is 0 Å². The molecule has 9 heteroatoms. The summed E-state index contributed by atoms with van der Waals surface area (Å²) >= 11 is 0. The zero-order valence-electron chi connectivity index (χ0n) is 21.8. The number of rotatable bonds is 10. The van der Waals surface area contributed by atoms with E-state index in [1.54, 1.807) is 30.3 Å². The van der Waals surface area contributed by atoms with Gasteiger partial charge >= 0.3 is 12.1 Å². The Morgan fingerprint density at radius 1 is 1.02 bits per heavy atom. The van der Waals surface area contributed by atoms with Crippen LogP contribution in [-0.4, -0.2) is 66.6 Å². The third-order valence-electron chi connectivity index (χ3n) is 7.12. The predicted molar refractivity (Wildman–Crippen MR) is 147 cm³/mol. The highest BCUT2D eigenvalue weighted by atomic mass is 16.5. The van der Waals surface area contributed by atoms with Crippen LogP contribution in [0, 0.1) is 0 Å². The van der Waals surface area contributed by atoms with E-state index in [1.165, 1.54) is 0 Å². The Hall–Kier alpha value is -4.63. The number of alkyl carbamates (subject to hydrolysis) is 1. The summed E-state index contributed by atoms with van der Waals surface area (Å²) in [5.41, 5.74) is 5.10. The molecule has 2 aliphatic rings. The maximum Gasteiger partial charge on any atom is 0.407 e. The molecule has 1 fully saturated rings. The van der Waals surface area contributed by atoms with E-state index in [1.807, 2.05) is 48.5 Å². The number of carbonyl (C=O) groups is 3. The molecule has 0 unspecified atom stereocenters. The van der Waals surface area contributed by atoms with Crippen molar-refractivity contribution < 1.29 is 33.7 Å². The lowest BCUT2D eigenvalue weighted by atomic mass is 9.98. The summed E-state index contributed by atoms with van der Waals surface area (Å²) in [6.45, 7) is 3.78. The van der Waals surface area contributed by atoms with Gasteiger partial charge in [0.2, 0.25) is 5.91 Å². The van der Waals surface area contributed by atoms with Crippen molar-refractivity contribution in [2.24, 2.45) is 0 Å². The Balaban J connectivity index is 1.31. The topological polar surface area (TPSA) is 114 Å². The molecular weight excluding hydrogens is 512 g/mol. The van der Waals surface area contributed by atoms with Crippen LogP contribution >= 0.6 is 0 Å². The maximum atomic E-state index is 13.5. The molecule has 1 aliphatic heterocycles. The molecule has 2 atom stereocenters. The van der Waals surface area contributed by atoms with E-state index < -0.39 is 30.1 Å². The summed E-state index contributed by atoms with van der Waals surface area (Å²) in [4.78, 5) is 39.3. The number of carbonyl (C=O) groups excluding carboxylic acids is 2. The normalized spacial score (nSPS) is 16.5. The second-order valence-corrected chi connectivity index (χ2v) is 9.63. The van der Waals surface area contributed by atoms with Crippen LogP contribution in [0.1, 0.15) is 22.6 Å². The summed E-state index contributed by atoms with van der Waals surface area (Å²) in [7, 11) is 0. The van der Waals surface area contributed by atoms with Gasteiger partial charge in [-0.15, -0.1) is 0 Å². The van der Waals surface area contributed by atoms with E-state index in [0.717, 1.165) is 32.7 Å². The Morgan fingerprint density at radius 3 is 2.30 bits per heavy atom. The van der Waals surface area contributed by atoms with Crippen molar-refractivity contribution in [3.8, 4) is 16.9 Å². The number of hydrogen-bond donors (Lipinski definition) is 2. The smallest absolute Gasteiger partial charge is 0.407 e. The summed E-state index contributed by atoms with van der Waals surface area (Å²) in [6.07, 6.45) is 0.990. The van der Waals surface area contributed by atoms with Crippen LogP contribution in [0.3, 0.4) is 0 Å². The first-order valence-electron chi connectivity index (χ1n) is 13.0. The molecule has 0 aromatic heterocycles. The second kappa shape index (κ2) is 12.0. The Labute approximate surface area is 232 Å². The maximum absolute atomic E-state index is 13.5. The van der Waals surface area contributed by atoms with E-state index in [4.69, 9.17) is 14.2 Å². The minimum Gasteiger partial charge on any atom is -0.490 e. The second-order valence-electron chi connectivity index (χ2n) is 9.63. The molecule has 3 aromatic rings. The molecule has 1 aliphatic carbocycles. The fourth-order valence-corrected chi connectivity index (χ4v) is 5.16. The van der Waals surface area contributed by atoms with E-state index in [9.17, 15) is 19.5 Å².